The molecule has 1 atom stereocenters. The van der Waals surface area contributed by atoms with Crippen molar-refractivity contribution in [1.29, 1.82) is 0 Å². The number of benzene rings is 2. The van der Waals surface area contributed by atoms with E-state index in [0.29, 0.717) is 23.7 Å². The summed E-state index contributed by atoms with van der Waals surface area (Å²) < 4.78 is 43.4. The van der Waals surface area contributed by atoms with Crippen LogP contribution in [-0.4, -0.2) is 47.3 Å². The molecule has 2 aromatic carbocycles. The summed E-state index contributed by atoms with van der Waals surface area (Å²) in [4.78, 5) is 11.9. The highest BCUT2D eigenvalue weighted by molar-refractivity contribution is 7.92. The minimum atomic E-state index is -3.74. The number of nitrogens with one attached hydrogen (secondary N) is 2. The van der Waals surface area contributed by atoms with Gasteiger partial charge >= 0.3 is 0 Å². The fourth-order valence-electron chi connectivity index (χ4n) is 2.82. The Morgan fingerprint density at radius 1 is 1.10 bits per heavy atom. The molecule has 2 N–H and O–H groups in total. The van der Waals surface area contributed by atoms with Crippen LogP contribution in [-0.2, 0) is 19.6 Å². The first-order valence-corrected chi connectivity index (χ1v) is 10.7. The summed E-state index contributed by atoms with van der Waals surface area (Å²) in [6.07, 6.45) is 2.03. The van der Waals surface area contributed by atoms with Gasteiger partial charge in [-0.25, -0.2) is 8.42 Å². The molecule has 1 aliphatic heterocycles. The highest BCUT2D eigenvalue weighted by Crippen LogP contribution is 2.21. The Bertz CT molecular complexity index is 907. The quantitative estimate of drug-likeness (QED) is 0.645. The Morgan fingerprint density at radius 3 is 2.41 bits per heavy atom. The topological polar surface area (TPSA) is 103 Å². The lowest BCUT2D eigenvalue weighted by Gasteiger charge is -2.12. The molecule has 29 heavy (non-hydrogen) atoms. The average molecular weight is 420 g/mol. The predicted octanol–water partition coefficient (Wildman–Crippen LogP) is 2.17. The van der Waals surface area contributed by atoms with Gasteiger partial charge in [0.25, 0.3) is 15.9 Å². The van der Waals surface area contributed by atoms with Gasteiger partial charge in [0.2, 0.25) is 0 Å². The van der Waals surface area contributed by atoms with Crippen molar-refractivity contribution in [2.24, 2.45) is 0 Å². The second-order valence-electron chi connectivity index (χ2n) is 6.53. The highest BCUT2D eigenvalue weighted by Gasteiger charge is 2.17. The van der Waals surface area contributed by atoms with E-state index in [4.69, 9.17) is 14.2 Å². The van der Waals surface area contributed by atoms with E-state index in [2.05, 4.69) is 10.0 Å². The molecule has 0 unspecified atom stereocenters. The SMILES string of the molecule is COc1ccc(NS(=O)(=O)c2ccc(OCC(=O)NC[C@H]3CCCO3)cc2)cc1. The second-order valence-corrected chi connectivity index (χ2v) is 8.22. The van der Waals surface area contributed by atoms with Gasteiger partial charge < -0.3 is 19.5 Å². The van der Waals surface area contributed by atoms with Gasteiger partial charge in [0.05, 0.1) is 18.1 Å². The molecule has 0 spiro atoms. The van der Waals surface area contributed by atoms with Gasteiger partial charge in [0, 0.05) is 18.8 Å². The molecule has 1 heterocycles. The third-order valence-corrected chi connectivity index (χ3v) is 5.79. The zero-order chi connectivity index (χ0) is 20.7. The summed E-state index contributed by atoms with van der Waals surface area (Å²) in [5, 5.41) is 2.76. The number of ether oxygens (including phenoxy) is 3. The first-order chi connectivity index (χ1) is 14.0. The van der Waals surface area contributed by atoms with E-state index in [1.165, 1.54) is 31.4 Å². The molecule has 0 saturated carbocycles. The van der Waals surface area contributed by atoms with Crippen molar-refractivity contribution in [3.63, 3.8) is 0 Å². The Labute approximate surface area is 170 Å². The van der Waals surface area contributed by atoms with Gasteiger partial charge in [0.15, 0.2) is 6.61 Å². The van der Waals surface area contributed by atoms with Crippen molar-refractivity contribution in [2.75, 3.05) is 31.6 Å². The molecule has 1 saturated heterocycles. The Kier molecular flexibility index (Phi) is 6.95. The van der Waals surface area contributed by atoms with Crippen molar-refractivity contribution >= 4 is 21.6 Å². The zero-order valence-corrected chi connectivity index (χ0v) is 16.9. The molecule has 3 rings (SSSR count). The predicted molar refractivity (Wildman–Crippen MR) is 108 cm³/mol. The normalized spacial score (nSPS) is 16.2. The summed E-state index contributed by atoms with van der Waals surface area (Å²) in [6.45, 7) is 1.05. The molecule has 8 nitrogen and oxygen atoms in total. The van der Waals surface area contributed by atoms with Crippen LogP contribution in [0, 0.1) is 0 Å². The van der Waals surface area contributed by atoms with Crippen LogP contribution in [0.15, 0.2) is 53.4 Å². The van der Waals surface area contributed by atoms with E-state index >= 15 is 0 Å². The van der Waals surface area contributed by atoms with Crippen LogP contribution < -0.4 is 19.5 Å². The number of rotatable bonds is 9. The zero-order valence-electron chi connectivity index (χ0n) is 16.1. The van der Waals surface area contributed by atoms with Gasteiger partial charge in [-0.15, -0.1) is 0 Å². The molecule has 0 aromatic heterocycles. The maximum atomic E-state index is 12.5. The van der Waals surface area contributed by atoms with Crippen LogP contribution >= 0.6 is 0 Å². The number of methoxy groups -OCH3 is 1. The molecule has 0 radical (unpaired) electrons. The molecule has 1 fully saturated rings. The summed E-state index contributed by atoms with van der Waals surface area (Å²) >= 11 is 0. The molecular weight excluding hydrogens is 396 g/mol. The van der Waals surface area contributed by atoms with E-state index in [-0.39, 0.29) is 23.5 Å². The standard InChI is InChI=1S/C20H24N2O6S/c1-26-16-6-4-15(5-7-16)22-29(24,25)19-10-8-17(9-11-19)28-14-20(23)21-13-18-3-2-12-27-18/h4-11,18,22H,2-3,12-14H2,1H3,(H,21,23)/t18-/m1/s1. The first kappa shape index (κ1) is 20.9. The largest absolute Gasteiger partial charge is 0.497 e. The number of carbonyl (C=O) groups is 1. The van der Waals surface area contributed by atoms with Gasteiger partial charge in [-0.2, -0.15) is 0 Å². The molecule has 1 amide bonds. The molecule has 1 aliphatic rings. The highest BCUT2D eigenvalue weighted by atomic mass is 32.2. The third-order valence-electron chi connectivity index (χ3n) is 4.40. The number of sulfonamides is 1. The fraction of sp³-hybridized carbons (Fsp3) is 0.350. The monoisotopic (exact) mass is 420 g/mol. The van der Waals surface area contributed by atoms with Crippen molar-refractivity contribution < 1.29 is 27.4 Å². The Balaban J connectivity index is 1.50. The number of hydrogen-bond donors (Lipinski definition) is 2. The van der Waals surface area contributed by atoms with Crippen LogP contribution in [0.4, 0.5) is 5.69 Å². The number of hydrogen-bond acceptors (Lipinski definition) is 6. The maximum Gasteiger partial charge on any atom is 0.261 e. The van der Waals surface area contributed by atoms with Crippen LogP contribution in [0.25, 0.3) is 0 Å². The van der Waals surface area contributed by atoms with Crippen LogP contribution in [0.2, 0.25) is 0 Å². The number of amides is 1. The van der Waals surface area contributed by atoms with Crippen molar-refractivity contribution in [1.82, 2.24) is 5.32 Å². The molecule has 156 valence electrons. The van der Waals surface area contributed by atoms with Crippen LogP contribution in [0.3, 0.4) is 0 Å². The van der Waals surface area contributed by atoms with Crippen molar-refractivity contribution in [2.45, 2.75) is 23.8 Å². The Hall–Kier alpha value is -2.78. The lowest BCUT2D eigenvalue weighted by atomic mass is 10.2. The third kappa shape index (κ3) is 6.10. The van der Waals surface area contributed by atoms with Gasteiger partial charge in [-0.05, 0) is 61.4 Å². The maximum absolute atomic E-state index is 12.5. The number of anilines is 1. The lowest BCUT2D eigenvalue weighted by molar-refractivity contribution is -0.123. The number of carbonyl (C=O) groups excluding carboxylic acids is 1. The molecule has 0 aliphatic carbocycles. The van der Waals surface area contributed by atoms with E-state index < -0.39 is 10.0 Å². The van der Waals surface area contributed by atoms with Crippen molar-refractivity contribution in [3.8, 4) is 11.5 Å². The summed E-state index contributed by atoms with van der Waals surface area (Å²) in [5.74, 6) is 0.785. The first-order valence-electron chi connectivity index (χ1n) is 9.24. The molecule has 0 bridgehead atoms. The average Bonchev–Trinajstić information content (AvgIpc) is 3.25. The second kappa shape index (κ2) is 9.62. The minimum absolute atomic E-state index is 0.0710. The lowest BCUT2D eigenvalue weighted by Crippen LogP contribution is -2.35. The summed E-state index contributed by atoms with van der Waals surface area (Å²) in [5.41, 5.74) is 0.425. The summed E-state index contributed by atoms with van der Waals surface area (Å²) in [6, 6.07) is 12.4. The molecule has 9 heteroatoms. The van der Waals surface area contributed by atoms with E-state index in [0.717, 1.165) is 19.4 Å². The summed E-state index contributed by atoms with van der Waals surface area (Å²) in [7, 11) is -2.20. The van der Waals surface area contributed by atoms with E-state index in [1.54, 1.807) is 24.3 Å². The van der Waals surface area contributed by atoms with E-state index in [9.17, 15) is 13.2 Å². The van der Waals surface area contributed by atoms with Crippen molar-refractivity contribution in [3.05, 3.63) is 48.5 Å². The Morgan fingerprint density at radius 2 is 1.79 bits per heavy atom. The van der Waals surface area contributed by atoms with Crippen LogP contribution in [0.1, 0.15) is 12.8 Å². The molecule has 2 aromatic rings. The van der Waals surface area contributed by atoms with Crippen LogP contribution in [0.5, 0.6) is 11.5 Å². The minimum Gasteiger partial charge on any atom is -0.497 e. The van der Waals surface area contributed by atoms with Gasteiger partial charge in [-0.1, -0.05) is 0 Å². The smallest absolute Gasteiger partial charge is 0.261 e. The fourth-order valence-corrected chi connectivity index (χ4v) is 3.88. The van der Waals surface area contributed by atoms with Gasteiger partial charge in [-0.3, -0.25) is 9.52 Å². The molecular formula is C20H24N2O6S. The van der Waals surface area contributed by atoms with E-state index in [1.807, 2.05) is 0 Å². The van der Waals surface area contributed by atoms with Gasteiger partial charge in [0.1, 0.15) is 11.5 Å².